The number of hydrogen-bond acceptors (Lipinski definition) is 6. The number of alkyl halides is 3. The Hall–Kier alpha value is -2.16. The quantitative estimate of drug-likeness (QED) is 0.785. The molecule has 0 aromatic carbocycles. The zero-order chi connectivity index (χ0) is 16.2. The number of carbonyl (C=O) groups is 1. The van der Waals surface area contributed by atoms with Crippen LogP contribution >= 0.6 is 11.3 Å². The summed E-state index contributed by atoms with van der Waals surface area (Å²) >= 11 is 1.30. The number of ether oxygens (including phenoxy) is 2. The normalized spacial score (nSPS) is 12.7. The zero-order valence-electron chi connectivity index (χ0n) is 11.3. The number of pyridine rings is 1. The molecule has 9 heteroatoms. The lowest BCUT2D eigenvalue weighted by atomic mass is 10.3. The van der Waals surface area contributed by atoms with Crippen molar-refractivity contribution in [2.45, 2.75) is 19.2 Å². The van der Waals surface area contributed by atoms with E-state index in [9.17, 15) is 18.0 Å². The lowest BCUT2D eigenvalue weighted by Gasteiger charge is -2.14. The Morgan fingerprint density at radius 1 is 1.36 bits per heavy atom. The smallest absolute Gasteiger partial charge is 0.422 e. The average Bonchev–Trinajstić information content (AvgIpc) is 2.99. The standard InChI is InChI=1S/C13H11F3N2O3S/c1-8(11-18-5-6-22-11)21-12(19)10-9(3-2-4-17-10)20-7-13(14,15)16/h2-6,8H,7H2,1H3/t8-/m1/s1. The monoisotopic (exact) mass is 332 g/mol. The van der Waals surface area contributed by atoms with E-state index >= 15 is 0 Å². The largest absolute Gasteiger partial charge is 0.482 e. The maximum absolute atomic E-state index is 12.2. The van der Waals surface area contributed by atoms with E-state index in [-0.39, 0.29) is 11.4 Å². The summed E-state index contributed by atoms with van der Waals surface area (Å²) in [5, 5.41) is 2.29. The summed E-state index contributed by atoms with van der Waals surface area (Å²) in [6.45, 7) is 0.0942. The number of carbonyl (C=O) groups excluding carboxylic acids is 1. The van der Waals surface area contributed by atoms with Crippen molar-refractivity contribution in [3.8, 4) is 5.75 Å². The van der Waals surface area contributed by atoms with Crippen molar-refractivity contribution < 1.29 is 27.4 Å². The Bertz CT molecular complexity index is 632. The summed E-state index contributed by atoms with van der Waals surface area (Å²) in [5.41, 5.74) is -0.310. The van der Waals surface area contributed by atoms with Gasteiger partial charge in [-0.15, -0.1) is 11.3 Å². The molecular formula is C13H11F3N2O3S. The highest BCUT2D eigenvalue weighted by molar-refractivity contribution is 7.09. The third kappa shape index (κ3) is 4.42. The van der Waals surface area contributed by atoms with Crippen molar-refractivity contribution in [2.24, 2.45) is 0 Å². The molecule has 1 atom stereocenters. The second-order valence-electron chi connectivity index (χ2n) is 4.17. The van der Waals surface area contributed by atoms with E-state index in [4.69, 9.17) is 4.74 Å². The molecule has 2 aromatic rings. The van der Waals surface area contributed by atoms with E-state index in [1.807, 2.05) is 0 Å². The van der Waals surface area contributed by atoms with Crippen LogP contribution in [0.1, 0.15) is 28.5 Å². The highest BCUT2D eigenvalue weighted by Crippen LogP contribution is 2.24. The van der Waals surface area contributed by atoms with Crippen LogP contribution in [0.5, 0.6) is 5.75 Å². The van der Waals surface area contributed by atoms with Crippen molar-refractivity contribution in [1.82, 2.24) is 9.97 Å². The summed E-state index contributed by atoms with van der Waals surface area (Å²) in [6, 6.07) is 2.59. The predicted molar refractivity (Wildman–Crippen MR) is 71.7 cm³/mol. The van der Waals surface area contributed by atoms with Crippen LogP contribution in [-0.2, 0) is 4.74 Å². The summed E-state index contributed by atoms with van der Waals surface area (Å²) in [5.74, 6) is -1.16. The molecule has 0 aliphatic rings. The van der Waals surface area contributed by atoms with Crippen LogP contribution in [0.15, 0.2) is 29.9 Å². The molecule has 0 spiro atoms. The molecule has 0 amide bonds. The Morgan fingerprint density at radius 3 is 2.77 bits per heavy atom. The molecular weight excluding hydrogens is 321 g/mol. The summed E-state index contributed by atoms with van der Waals surface area (Å²) < 4.78 is 46.3. The van der Waals surface area contributed by atoms with E-state index in [0.29, 0.717) is 5.01 Å². The van der Waals surface area contributed by atoms with Gasteiger partial charge in [0.15, 0.2) is 24.2 Å². The molecule has 0 unspecified atom stereocenters. The van der Waals surface area contributed by atoms with Gasteiger partial charge < -0.3 is 9.47 Å². The van der Waals surface area contributed by atoms with Crippen LogP contribution in [0.4, 0.5) is 13.2 Å². The van der Waals surface area contributed by atoms with Gasteiger partial charge in [-0.2, -0.15) is 13.2 Å². The Balaban J connectivity index is 2.09. The molecule has 22 heavy (non-hydrogen) atoms. The van der Waals surface area contributed by atoms with Crippen LogP contribution in [0.2, 0.25) is 0 Å². The molecule has 2 rings (SSSR count). The topological polar surface area (TPSA) is 61.3 Å². The number of esters is 1. The number of nitrogens with zero attached hydrogens (tertiary/aromatic N) is 2. The minimum Gasteiger partial charge on any atom is -0.482 e. The van der Waals surface area contributed by atoms with Crippen LogP contribution in [0.25, 0.3) is 0 Å². The predicted octanol–water partition coefficient (Wildman–Crippen LogP) is 3.40. The molecule has 2 aromatic heterocycles. The van der Waals surface area contributed by atoms with Crippen LogP contribution in [0, 0.1) is 0 Å². The second-order valence-corrected chi connectivity index (χ2v) is 5.10. The maximum atomic E-state index is 12.2. The fraction of sp³-hybridized carbons (Fsp3) is 0.308. The van der Waals surface area contributed by atoms with Crippen molar-refractivity contribution in [3.05, 3.63) is 40.6 Å². The second kappa shape index (κ2) is 6.73. The van der Waals surface area contributed by atoms with E-state index in [1.54, 1.807) is 18.5 Å². The van der Waals surface area contributed by atoms with Gasteiger partial charge in [0.25, 0.3) is 0 Å². The summed E-state index contributed by atoms with van der Waals surface area (Å²) in [4.78, 5) is 19.8. The third-order valence-electron chi connectivity index (χ3n) is 2.44. The van der Waals surface area contributed by atoms with Crippen LogP contribution in [0.3, 0.4) is 0 Å². The minimum atomic E-state index is -4.51. The number of halogens is 3. The molecule has 0 fully saturated rings. The van der Waals surface area contributed by atoms with E-state index in [2.05, 4.69) is 14.7 Å². The first kappa shape index (κ1) is 16.2. The SMILES string of the molecule is C[C@@H](OC(=O)c1ncccc1OCC(F)(F)F)c1nccs1. The van der Waals surface area contributed by atoms with Gasteiger partial charge in [-0.1, -0.05) is 0 Å². The van der Waals surface area contributed by atoms with Crippen molar-refractivity contribution >= 4 is 17.3 Å². The number of aromatic nitrogens is 2. The molecule has 2 heterocycles. The van der Waals surface area contributed by atoms with E-state index < -0.39 is 24.9 Å². The molecule has 0 radical (unpaired) electrons. The first-order valence-electron chi connectivity index (χ1n) is 6.12. The van der Waals surface area contributed by atoms with Gasteiger partial charge in [0, 0.05) is 17.8 Å². The van der Waals surface area contributed by atoms with Gasteiger partial charge in [-0.25, -0.2) is 14.8 Å². The third-order valence-corrected chi connectivity index (χ3v) is 3.38. The number of hydrogen-bond donors (Lipinski definition) is 0. The Morgan fingerprint density at radius 2 is 2.14 bits per heavy atom. The molecule has 118 valence electrons. The number of rotatable bonds is 5. The van der Waals surface area contributed by atoms with Gasteiger partial charge >= 0.3 is 12.1 Å². The number of thiazole rings is 1. The molecule has 5 nitrogen and oxygen atoms in total. The Labute approximate surface area is 127 Å². The molecule has 0 bridgehead atoms. The summed E-state index contributed by atoms with van der Waals surface area (Å²) in [7, 11) is 0. The Kier molecular flexibility index (Phi) is 4.96. The fourth-order valence-corrected chi connectivity index (χ4v) is 2.14. The van der Waals surface area contributed by atoms with Crippen molar-refractivity contribution in [1.29, 1.82) is 0 Å². The van der Waals surface area contributed by atoms with Gasteiger partial charge in [0.1, 0.15) is 5.01 Å². The molecule has 0 saturated heterocycles. The molecule has 0 saturated carbocycles. The lowest BCUT2D eigenvalue weighted by Crippen LogP contribution is -2.21. The first-order chi connectivity index (χ1) is 10.4. The zero-order valence-corrected chi connectivity index (χ0v) is 12.1. The van der Waals surface area contributed by atoms with Crippen LogP contribution in [-0.4, -0.2) is 28.7 Å². The van der Waals surface area contributed by atoms with E-state index in [1.165, 1.54) is 29.7 Å². The fourth-order valence-electron chi connectivity index (χ4n) is 1.52. The van der Waals surface area contributed by atoms with Crippen molar-refractivity contribution in [2.75, 3.05) is 6.61 Å². The highest BCUT2D eigenvalue weighted by atomic mass is 32.1. The minimum absolute atomic E-state index is 0.281. The maximum Gasteiger partial charge on any atom is 0.422 e. The molecule has 0 aliphatic heterocycles. The highest BCUT2D eigenvalue weighted by Gasteiger charge is 2.30. The van der Waals surface area contributed by atoms with Gasteiger partial charge in [-0.05, 0) is 19.1 Å². The molecule has 0 N–H and O–H groups in total. The average molecular weight is 332 g/mol. The van der Waals surface area contributed by atoms with Gasteiger partial charge in [-0.3, -0.25) is 0 Å². The van der Waals surface area contributed by atoms with Crippen molar-refractivity contribution in [3.63, 3.8) is 0 Å². The summed E-state index contributed by atoms with van der Waals surface area (Å²) in [6.07, 6.45) is -2.32. The lowest BCUT2D eigenvalue weighted by molar-refractivity contribution is -0.153. The first-order valence-corrected chi connectivity index (χ1v) is 7.00. The van der Waals surface area contributed by atoms with Gasteiger partial charge in [0.05, 0.1) is 0 Å². The van der Waals surface area contributed by atoms with E-state index in [0.717, 1.165) is 0 Å². The van der Waals surface area contributed by atoms with Crippen LogP contribution < -0.4 is 4.74 Å². The molecule has 0 aliphatic carbocycles. The van der Waals surface area contributed by atoms with Gasteiger partial charge in [0.2, 0.25) is 0 Å².